The van der Waals surface area contributed by atoms with Gasteiger partial charge in [0.1, 0.15) is 11.6 Å². The first-order valence-corrected chi connectivity index (χ1v) is 14.2. The summed E-state index contributed by atoms with van der Waals surface area (Å²) in [5.41, 5.74) is 3.71. The second-order valence-electron chi connectivity index (χ2n) is 11.9. The summed E-state index contributed by atoms with van der Waals surface area (Å²) in [4.78, 5) is 43.5. The van der Waals surface area contributed by atoms with Crippen molar-refractivity contribution in [2.75, 3.05) is 5.32 Å². The molecule has 2 aromatic rings. The Bertz CT molecular complexity index is 1310. The fourth-order valence-corrected chi connectivity index (χ4v) is 7.13. The van der Waals surface area contributed by atoms with Gasteiger partial charge in [0.05, 0.1) is 17.9 Å². The Kier molecular flexibility index (Phi) is 6.58. The lowest BCUT2D eigenvalue weighted by atomic mass is 9.74. The molecule has 3 amide bonds. The van der Waals surface area contributed by atoms with Crippen LogP contribution in [0.3, 0.4) is 0 Å². The van der Waals surface area contributed by atoms with E-state index in [0.717, 1.165) is 47.9 Å². The number of aryl methyl sites for hydroxylation is 3. The Labute approximate surface area is 230 Å². The van der Waals surface area contributed by atoms with E-state index in [1.54, 1.807) is 4.90 Å². The zero-order valence-corrected chi connectivity index (χ0v) is 22.9. The molecule has 7 nitrogen and oxygen atoms in total. The van der Waals surface area contributed by atoms with Crippen LogP contribution in [0.25, 0.3) is 0 Å². The van der Waals surface area contributed by atoms with Crippen LogP contribution < -0.4 is 10.6 Å². The van der Waals surface area contributed by atoms with Gasteiger partial charge in [0.2, 0.25) is 17.7 Å². The molecule has 2 N–H and O–H groups in total. The van der Waals surface area contributed by atoms with Gasteiger partial charge in [-0.15, -0.1) is 0 Å². The number of amides is 3. The molecule has 0 aromatic heterocycles. The number of anilines is 1. The maximum atomic E-state index is 14.2. The third kappa shape index (κ3) is 4.56. The Morgan fingerprint density at radius 2 is 1.64 bits per heavy atom. The topological polar surface area (TPSA) is 87.7 Å². The zero-order valence-electron chi connectivity index (χ0n) is 22.9. The molecule has 0 radical (unpaired) electrons. The number of fused-ring (bicyclic) bond motifs is 1. The minimum Gasteiger partial charge on any atom is -0.359 e. The third-order valence-corrected chi connectivity index (χ3v) is 8.84. The van der Waals surface area contributed by atoms with Crippen molar-refractivity contribution in [3.8, 4) is 0 Å². The number of hydrogen-bond donors (Lipinski definition) is 2. The van der Waals surface area contributed by atoms with Gasteiger partial charge in [0, 0.05) is 18.3 Å². The summed E-state index contributed by atoms with van der Waals surface area (Å²) >= 11 is 0. The summed E-state index contributed by atoms with van der Waals surface area (Å²) < 4.78 is 6.49. The van der Waals surface area contributed by atoms with Crippen LogP contribution in [0.4, 0.5) is 5.69 Å². The lowest BCUT2D eigenvalue weighted by Gasteiger charge is -2.34. The SMILES string of the molecule is Cc1ccc(CN2C(=O)C3C(C(=O)Nc4cc(C)cc(C)c4)C4C=CC3(O4)C2C(=O)NC2CCCCC2)cc1. The zero-order chi connectivity index (χ0) is 27.3. The molecule has 1 spiro atoms. The molecular formula is C32H37N3O4. The lowest BCUT2D eigenvalue weighted by Crippen LogP contribution is -2.56. The van der Waals surface area contributed by atoms with Gasteiger partial charge < -0.3 is 20.3 Å². The molecule has 2 aromatic carbocycles. The predicted octanol–water partition coefficient (Wildman–Crippen LogP) is 4.35. The maximum absolute atomic E-state index is 14.2. The van der Waals surface area contributed by atoms with Gasteiger partial charge in [-0.25, -0.2) is 0 Å². The van der Waals surface area contributed by atoms with E-state index in [9.17, 15) is 14.4 Å². The molecule has 5 unspecified atom stereocenters. The molecule has 2 bridgehead atoms. The van der Waals surface area contributed by atoms with Crippen LogP contribution in [0.15, 0.2) is 54.6 Å². The number of hydrogen-bond acceptors (Lipinski definition) is 4. The highest BCUT2D eigenvalue weighted by molar-refractivity contribution is 6.02. The molecule has 1 saturated carbocycles. The molecule has 3 aliphatic heterocycles. The number of nitrogens with zero attached hydrogens (tertiary/aromatic N) is 1. The molecule has 5 atom stereocenters. The van der Waals surface area contributed by atoms with Crippen LogP contribution >= 0.6 is 0 Å². The first kappa shape index (κ1) is 25.8. The van der Waals surface area contributed by atoms with Crippen molar-refractivity contribution in [1.29, 1.82) is 0 Å². The number of carbonyl (C=O) groups excluding carboxylic acids is 3. The molecule has 3 heterocycles. The van der Waals surface area contributed by atoms with E-state index in [-0.39, 0.29) is 30.3 Å². The molecule has 204 valence electrons. The van der Waals surface area contributed by atoms with Crippen molar-refractivity contribution >= 4 is 23.4 Å². The number of carbonyl (C=O) groups is 3. The highest BCUT2D eigenvalue weighted by atomic mass is 16.5. The van der Waals surface area contributed by atoms with Gasteiger partial charge in [-0.05, 0) is 62.4 Å². The van der Waals surface area contributed by atoms with E-state index in [2.05, 4.69) is 10.6 Å². The highest BCUT2D eigenvalue weighted by Gasteiger charge is 2.72. The monoisotopic (exact) mass is 527 g/mol. The number of likely N-dealkylation sites (tertiary alicyclic amines) is 1. The Morgan fingerprint density at radius 3 is 2.33 bits per heavy atom. The molecule has 3 fully saturated rings. The van der Waals surface area contributed by atoms with Crippen molar-refractivity contribution in [2.45, 2.75) is 83.2 Å². The summed E-state index contributed by atoms with van der Waals surface area (Å²) in [5.74, 6) is -2.11. The number of ether oxygens (including phenoxy) is 1. The first-order valence-electron chi connectivity index (χ1n) is 14.2. The third-order valence-electron chi connectivity index (χ3n) is 8.84. The summed E-state index contributed by atoms with van der Waals surface area (Å²) in [7, 11) is 0. The minimum absolute atomic E-state index is 0.101. The lowest BCUT2D eigenvalue weighted by molar-refractivity contribution is -0.142. The number of rotatable bonds is 6. The minimum atomic E-state index is -1.16. The van der Waals surface area contributed by atoms with Crippen LogP contribution in [-0.2, 0) is 25.7 Å². The summed E-state index contributed by atoms with van der Waals surface area (Å²) in [6.45, 7) is 6.28. The molecular weight excluding hydrogens is 490 g/mol. The molecule has 6 rings (SSSR count). The number of benzene rings is 2. The van der Waals surface area contributed by atoms with Gasteiger partial charge in [-0.1, -0.05) is 67.3 Å². The van der Waals surface area contributed by atoms with E-state index in [4.69, 9.17) is 4.74 Å². The average Bonchev–Trinajstić information content (AvgIpc) is 3.53. The Morgan fingerprint density at radius 1 is 0.949 bits per heavy atom. The molecule has 39 heavy (non-hydrogen) atoms. The van der Waals surface area contributed by atoms with Gasteiger partial charge in [0.15, 0.2) is 0 Å². The normalized spacial score (nSPS) is 29.5. The van der Waals surface area contributed by atoms with Gasteiger partial charge in [0.25, 0.3) is 0 Å². The van der Waals surface area contributed by atoms with Crippen molar-refractivity contribution in [3.05, 3.63) is 76.9 Å². The fourth-order valence-electron chi connectivity index (χ4n) is 7.13. The maximum Gasteiger partial charge on any atom is 0.246 e. The highest BCUT2D eigenvalue weighted by Crippen LogP contribution is 2.55. The second-order valence-corrected chi connectivity index (χ2v) is 11.9. The van der Waals surface area contributed by atoms with Crippen molar-refractivity contribution in [3.63, 3.8) is 0 Å². The van der Waals surface area contributed by atoms with E-state index in [0.29, 0.717) is 5.69 Å². The fraction of sp³-hybridized carbons (Fsp3) is 0.469. The second kappa shape index (κ2) is 9.94. The largest absolute Gasteiger partial charge is 0.359 e. The smallest absolute Gasteiger partial charge is 0.246 e. The van der Waals surface area contributed by atoms with Crippen molar-refractivity contribution in [1.82, 2.24) is 10.2 Å². The van der Waals surface area contributed by atoms with E-state index in [1.165, 1.54) is 6.42 Å². The van der Waals surface area contributed by atoms with Gasteiger partial charge in [-0.3, -0.25) is 14.4 Å². The van der Waals surface area contributed by atoms with Crippen LogP contribution in [-0.4, -0.2) is 46.4 Å². The first-order chi connectivity index (χ1) is 18.7. The molecule has 7 heteroatoms. The molecule has 2 saturated heterocycles. The molecule has 1 aliphatic carbocycles. The summed E-state index contributed by atoms with van der Waals surface area (Å²) in [6.07, 6.45) is 8.46. The van der Waals surface area contributed by atoms with Crippen LogP contribution in [0.1, 0.15) is 54.4 Å². The van der Waals surface area contributed by atoms with Gasteiger partial charge >= 0.3 is 0 Å². The van der Waals surface area contributed by atoms with Crippen LogP contribution in [0.2, 0.25) is 0 Å². The van der Waals surface area contributed by atoms with Crippen molar-refractivity contribution in [2.24, 2.45) is 11.8 Å². The standard InChI is InChI=1S/C32H37N3O4/c1-19-9-11-22(12-10-19)18-35-28(30(37)33-23-7-5-4-6-8-23)32-14-13-25(39-32)26(27(32)31(35)38)29(36)34-24-16-20(2)15-21(3)17-24/h9-17,23,25-28H,4-8,18H2,1-3H3,(H,33,37)(H,34,36). The van der Waals surface area contributed by atoms with Gasteiger partial charge in [-0.2, -0.15) is 0 Å². The quantitative estimate of drug-likeness (QED) is 0.547. The predicted molar refractivity (Wildman–Crippen MR) is 149 cm³/mol. The number of nitrogens with one attached hydrogen (secondary N) is 2. The Hall–Kier alpha value is -3.45. The van der Waals surface area contributed by atoms with Crippen LogP contribution in [0, 0.1) is 32.6 Å². The van der Waals surface area contributed by atoms with E-state index < -0.39 is 29.6 Å². The van der Waals surface area contributed by atoms with E-state index >= 15 is 0 Å². The summed E-state index contributed by atoms with van der Waals surface area (Å²) in [6, 6.07) is 13.2. The molecule has 4 aliphatic rings. The average molecular weight is 528 g/mol. The summed E-state index contributed by atoms with van der Waals surface area (Å²) in [5, 5.41) is 6.28. The van der Waals surface area contributed by atoms with Crippen molar-refractivity contribution < 1.29 is 19.1 Å². The van der Waals surface area contributed by atoms with Crippen LogP contribution in [0.5, 0.6) is 0 Å². The Balaban J connectivity index is 1.32. The van der Waals surface area contributed by atoms with E-state index in [1.807, 2.05) is 75.4 Å².